The molecular weight excluding hydrogens is 286 g/mol. The van der Waals surface area contributed by atoms with Crippen molar-refractivity contribution in [1.29, 1.82) is 0 Å². The minimum Gasteiger partial charge on any atom is -0.396 e. The van der Waals surface area contributed by atoms with E-state index in [1.54, 1.807) is 6.07 Å². The van der Waals surface area contributed by atoms with E-state index >= 15 is 0 Å². The smallest absolute Gasteiger partial charge is 0.218 e. The van der Waals surface area contributed by atoms with Gasteiger partial charge in [-0.2, -0.15) is 11.3 Å². The number of rotatable bonds is 5. The quantitative estimate of drug-likeness (QED) is 0.837. The first-order chi connectivity index (χ1) is 9.01. The highest BCUT2D eigenvalue weighted by Crippen LogP contribution is 2.31. The first-order valence-electron chi connectivity index (χ1n) is 6.22. The minimum atomic E-state index is -3.38. The average Bonchev–Trinajstić information content (AvgIpc) is 2.91. The normalized spacial score (nSPS) is 20.5. The van der Waals surface area contributed by atoms with Gasteiger partial charge in [0.05, 0.1) is 19.0 Å². The molecule has 1 aromatic heterocycles. The number of piperidine rings is 1. The molecule has 1 aliphatic rings. The van der Waals surface area contributed by atoms with Crippen LogP contribution in [0.4, 0.5) is 0 Å². The minimum absolute atomic E-state index is 0.0105. The van der Waals surface area contributed by atoms with E-state index in [9.17, 15) is 18.6 Å². The van der Waals surface area contributed by atoms with Crippen LogP contribution in [0.3, 0.4) is 0 Å². The average molecular weight is 305 g/mol. The largest absolute Gasteiger partial charge is 0.396 e. The topological polar surface area (TPSA) is 77.8 Å². The van der Waals surface area contributed by atoms with Gasteiger partial charge in [-0.15, -0.1) is 0 Å². The van der Waals surface area contributed by atoms with Crippen LogP contribution in [0.15, 0.2) is 16.8 Å². The van der Waals surface area contributed by atoms with E-state index in [4.69, 9.17) is 0 Å². The van der Waals surface area contributed by atoms with E-state index in [0.29, 0.717) is 19.4 Å². The van der Waals surface area contributed by atoms with Crippen LogP contribution >= 0.6 is 11.3 Å². The van der Waals surface area contributed by atoms with Gasteiger partial charge in [-0.25, -0.2) is 12.7 Å². The predicted molar refractivity (Wildman–Crippen MR) is 74.4 cm³/mol. The van der Waals surface area contributed by atoms with Crippen LogP contribution in [0.1, 0.15) is 18.4 Å². The highest BCUT2D eigenvalue weighted by molar-refractivity contribution is 7.88. The highest BCUT2D eigenvalue weighted by atomic mass is 32.2. The first kappa shape index (κ1) is 14.9. The molecule has 19 heavy (non-hydrogen) atoms. The Morgan fingerprint density at radius 2 is 2.11 bits per heavy atom. The molecule has 2 N–H and O–H groups in total. The van der Waals surface area contributed by atoms with Crippen LogP contribution in [-0.2, 0) is 15.8 Å². The van der Waals surface area contributed by atoms with Gasteiger partial charge in [0.1, 0.15) is 0 Å². The monoisotopic (exact) mass is 305 g/mol. The van der Waals surface area contributed by atoms with Crippen molar-refractivity contribution < 1.29 is 18.6 Å². The molecule has 0 bridgehead atoms. The second-order valence-electron chi connectivity index (χ2n) is 5.14. The molecule has 0 unspecified atom stereocenters. The summed E-state index contributed by atoms with van der Waals surface area (Å²) in [6.07, 6.45) is 1.33. The van der Waals surface area contributed by atoms with Crippen molar-refractivity contribution in [2.75, 3.05) is 26.3 Å². The van der Waals surface area contributed by atoms with E-state index in [1.165, 1.54) is 15.6 Å². The molecule has 1 fully saturated rings. The van der Waals surface area contributed by atoms with E-state index in [0.717, 1.165) is 5.56 Å². The molecular formula is C12H19NO4S2. The lowest BCUT2D eigenvalue weighted by Crippen LogP contribution is -2.49. The Morgan fingerprint density at radius 3 is 2.68 bits per heavy atom. The molecule has 0 radical (unpaired) electrons. The summed E-state index contributed by atoms with van der Waals surface area (Å²) >= 11 is 1.47. The van der Waals surface area contributed by atoms with Crippen LogP contribution in [0.2, 0.25) is 0 Å². The fourth-order valence-corrected chi connectivity index (χ4v) is 4.82. The maximum Gasteiger partial charge on any atom is 0.218 e. The maximum absolute atomic E-state index is 12.3. The Hall–Kier alpha value is -0.470. The number of hydrogen-bond donors (Lipinski definition) is 2. The lowest BCUT2D eigenvalue weighted by molar-refractivity contribution is 0.0122. The SMILES string of the molecule is O=S(=O)(Cc1ccsc1)N1CCCC(CO)(CO)C1. The summed E-state index contributed by atoms with van der Waals surface area (Å²) in [5, 5.41) is 22.5. The van der Waals surface area contributed by atoms with Crippen LogP contribution < -0.4 is 0 Å². The molecule has 0 aromatic carbocycles. The van der Waals surface area contributed by atoms with Crippen molar-refractivity contribution >= 4 is 21.4 Å². The lowest BCUT2D eigenvalue weighted by atomic mass is 9.82. The molecule has 108 valence electrons. The Labute approximate surface area is 117 Å². The molecule has 1 aromatic rings. The van der Waals surface area contributed by atoms with Gasteiger partial charge < -0.3 is 10.2 Å². The van der Waals surface area contributed by atoms with Crippen molar-refractivity contribution in [1.82, 2.24) is 4.31 Å². The van der Waals surface area contributed by atoms with Crippen molar-refractivity contribution in [2.45, 2.75) is 18.6 Å². The van der Waals surface area contributed by atoms with E-state index in [-0.39, 0.29) is 25.5 Å². The summed E-state index contributed by atoms with van der Waals surface area (Å²) in [5.41, 5.74) is 0.0918. The zero-order valence-corrected chi connectivity index (χ0v) is 12.3. The van der Waals surface area contributed by atoms with Gasteiger partial charge >= 0.3 is 0 Å². The number of sulfonamides is 1. The molecule has 1 saturated heterocycles. The zero-order chi connectivity index (χ0) is 13.9. The fraction of sp³-hybridized carbons (Fsp3) is 0.667. The standard InChI is InChI=1S/C12H19NO4S2/c14-9-12(10-15)3-1-4-13(8-12)19(16,17)7-11-2-5-18-6-11/h2,5-6,14-15H,1,3-4,7-10H2. The van der Waals surface area contributed by atoms with Crippen molar-refractivity contribution in [3.63, 3.8) is 0 Å². The number of aliphatic hydroxyl groups is 2. The number of aliphatic hydroxyl groups excluding tert-OH is 2. The third kappa shape index (κ3) is 3.35. The van der Waals surface area contributed by atoms with Crippen LogP contribution in [0.25, 0.3) is 0 Å². The van der Waals surface area contributed by atoms with Gasteiger partial charge in [0, 0.05) is 18.5 Å². The molecule has 7 heteroatoms. The van der Waals surface area contributed by atoms with Crippen molar-refractivity contribution in [3.05, 3.63) is 22.4 Å². The third-order valence-electron chi connectivity index (χ3n) is 3.62. The second kappa shape index (κ2) is 5.88. The summed E-state index contributed by atoms with van der Waals surface area (Å²) in [6, 6.07) is 1.80. The molecule has 0 saturated carbocycles. The van der Waals surface area contributed by atoms with E-state index in [2.05, 4.69) is 0 Å². The Bertz CT molecular complexity index is 494. The van der Waals surface area contributed by atoms with Crippen LogP contribution in [0, 0.1) is 5.41 Å². The highest BCUT2D eigenvalue weighted by Gasteiger charge is 2.38. The predicted octanol–water partition coefficient (Wildman–Crippen LogP) is 0.645. The van der Waals surface area contributed by atoms with Crippen molar-refractivity contribution in [3.8, 4) is 0 Å². The lowest BCUT2D eigenvalue weighted by Gasteiger charge is -2.39. The fourth-order valence-electron chi connectivity index (χ4n) is 2.38. The van der Waals surface area contributed by atoms with Gasteiger partial charge in [-0.1, -0.05) is 0 Å². The van der Waals surface area contributed by atoms with Gasteiger partial charge in [-0.05, 0) is 35.2 Å². The van der Waals surface area contributed by atoms with Crippen molar-refractivity contribution in [2.24, 2.45) is 5.41 Å². The zero-order valence-electron chi connectivity index (χ0n) is 10.7. The van der Waals surface area contributed by atoms with E-state index in [1.807, 2.05) is 10.8 Å². The molecule has 2 heterocycles. The van der Waals surface area contributed by atoms with E-state index < -0.39 is 15.4 Å². The number of hydrogen-bond acceptors (Lipinski definition) is 5. The van der Waals surface area contributed by atoms with Gasteiger partial charge in [0.2, 0.25) is 10.0 Å². The molecule has 0 amide bonds. The summed E-state index contributed by atoms with van der Waals surface area (Å²) in [4.78, 5) is 0. The maximum atomic E-state index is 12.3. The Balaban J connectivity index is 2.12. The molecule has 2 rings (SSSR count). The van der Waals surface area contributed by atoms with Gasteiger partial charge in [0.25, 0.3) is 0 Å². The summed E-state index contributed by atoms with van der Waals surface area (Å²) in [5.74, 6) is -0.0105. The van der Waals surface area contributed by atoms with Gasteiger partial charge in [-0.3, -0.25) is 0 Å². The summed E-state index contributed by atoms with van der Waals surface area (Å²) < 4.78 is 26.1. The Morgan fingerprint density at radius 1 is 1.37 bits per heavy atom. The molecule has 1 aliphatic heterocycles. The first-order valence-corrected chi connectivity index (χ1v) is 8.77. The summed E-state index contributed by atoms with van der Waals surface area (Å²) in [7, 11) is -3.38. The van der Waals surface area contributed by atoms with Crippen LogP contribution in [-0.4, -0.2) is 49.2 Å². The molecule has 5 nitrogen and oxygen atoms in total. The number of thiophene rings is 1. The Kier molecular flexibility index (Phi) is 4.62. The summed E-state index contributed by atoms with van der Waals surface area (Å²) in [6.45, 7) is 0.294. The van der Waals surface area contributed by atoms with Crippen LogP contribution in [0.5, 0.6) is 0 Å². The molecule has 0 atom stereocenters. The number of nitrogens with zero attached hydrogens (tertiary/aromatic N) is 1. The van der Waals surface area contributed by atoms with Gasteiger partial charge in [0.15, 0.2) is 0 Å². The molecule has 0 spiro atoms. The molecule has 0 aliphatic carbocycles. The second-order valence-corrected chi connectivity index (χ2v) is 7.89. The third-order valence-corrected chi connectivity index (χ3v) is 6.15.